The van der Waals surface area contributed by atoms with Gasteiger partial charge in [-0.05, 0) is 60.4 Å². The van der Waals surface area contributed by atoms with Gasteiger partial charge in [-0.2, -0.15) is 0 Å². The van der Waals surface area contributed by atoms with Crippen LogP contribution in [0, 0.1) is 11.8 Å². The van der Waals surface area contributed by atoms with Crippen molar-refractivity contribution in [2.75, 3.05) is 6.54 Å². The van der Waals surface area contributed by atoms with Crippen molar-refractivity contribution < 1.29 is 4.74 Å². The Morgan fingerprint density at radius 2 is 1.75 bits per heavy atom. The molecule has 0 radical (unpaired) electrons. The zero-order valence-electron chi connectivity index (χ0n) is 14.7. The quantitative estimate of drug-likeness (QED) is 0.799. The molecule has 0 aliphatic heterocycles. The van der Waals surface area contributed by atoms with E-state index < -0.39 is 0 Å². The van der Waals surface area contributed by atoms with Gasteiger partial charge in [0.15, 0.2) is 0 Å². The lowest BCUT2D eigenvalue weighted by molar-refractivity contribution is 0.255. The summed E-state index contributed by atoms with van der Waals surface area (Å²) in [5.41, 5.74) is 8.67. The molecule has 1 atom stereocenters. The Hall–Kier alpha value is -1.80. The Kier molecular flexibility index (Phi) is 5.92. The number of benzene rings is 2. The van der Waals surface area contributed by atoms with Gasteiger partial charge in [-0.3, -0.25) is 0 Å². The lowest BCUT2D eigenvalue weighted by Crippen LogP contribution is -2.25. The molecule has 1 aliphatic rings. The topological polar surface area (TPSA) is 35.2 Å². The van der Waals surface area contributed by atoms with E-state index in [1.165, 1.54) is 36.8 Å². The minimum Gasteiger partial charge on any atom is -0.489 e. The van der Waals surface area contributed by atoms with Crippen LogP contribution in [0.15, 0.2) is 54.6 Å². The second-order valence-electron chi connectivity index (χ2n) is 7.21. The lowest BCUT2D eigenvalue weighted by atomic mass is 9.74. The van der Waals surface area contributed by atoms with Crippen molar-refractivity contribution in [3.63, 3.8) is 0 Å². The van der Waals surface area contributed by atoms with Crippen molar-refractivity contribution in [3.8, 4) is 5.75 Å². The third-order valence-electron chi connectivity index (χ3n) is 5.42. The number of rotatable bonds is 6. The van der Waals surface area contributed by atoms with Crippen molar-refractivity contribution in [2.24, 2.45) is 17.6 Å². The summed E-state index contributed by atoms with van der Waals surface area (Å²) in [6.45, 7) is 3.70. The molecule has 24 heavy (non-hydrogen) atoms. The van der Waals surface area contributed by atoms with Crippen LogP contribution >= 0.6 is 0 Å². The van der Waals surface area contributed by atoms with Crippen LogP contribution in [0.5, 0.6) is 5.75 Å². The van der Waals surface area contributed by atoms with Crippen molar-refractivity contribution in [1.82, 2.24) is 0 Å². The molecule has 0 amide bonds. The molecule has 3 rings (SSSR count). The van der Waals surface area contributed by atoms with E-state index in [-0.39, 0.29) is 0 Å². The molecule has 2 heteroatoms. The highest BCUT2D eigenvalue weighted by Gasteiger charge is 2.26. The van der Waals surface area contributed by atoms with Gasteiger partial charge in [0.2, 0.25) is 0 Å². The Morgan fingerprint density at radius 3 is 2.46 bits per heavy atom. The van der Waals surface area contributed by atoms with Gasteiger partial charge in [0, 0.05) is 0 Å². The van der Waals surface area contributed by atoms with Crippen LogP contribution in [0.1, 0.15) is 49.7 Å². The fourth-order valence-electron chi connectivity index (χ4n) is 3.86. The van der Waals surface area contributed by atoms with Crippen LogP contribution < -0.4 is 10.5 Å². The molecule has 2 aromatic carbocycles. The molecule has 1 saturated carbocycles. The van der Waals surface area contributed by atoms with Crippen LogP contribution in [0.25, 0.3) is 0 Å². The van der Waals surface area contributed by atoms with Crippen molar-refractivity contribution in [1.29, 1.82) is 0 Å². The number of nitrogens with two attached hydrogens (primary N) is 1. The number of hydrogen-bond donors (Lipinski definition) is 1. The molecular formula is C22H29NO. The van der Waals surface area contributed by atoms with Crippen molar-refractivity contribution >= 4 is 0 Å². The zero-order valence-corrected chi connectivity index (χ0v) is 14.7. The molecule has 2 nitrogen and oxygen atoms in total. The molecule has 1 aliphatic carbocycles. The van der Waals surface area contributed by atoms with Crippen LogP contribution in [-0.4, -0.2) is 6.54 Å². The first-order valence-corrected chi connectivity index (χ1v) is 9.23. The summed E-state index contributed by atoms with van der Waals surface area (Å²) in [6, 6.07) is 18.9. The largest absolute Gasteiger partial charge is 0.489 e. The highest BCUT2D eigenvalue weighted by Crippen LogP contribution is 2.38. The van der Waals surface area contributed by atoms with E-state index in [1.807, 2.05) is 24.3 Å². The third kappa shape index (κ3) is 4.39. The van der Waals surface area contributed by atoms with Crippen molar-refractivity contribution in [3.05, 3.63) is 65.7 Å². The molecule has 1 fully saturated rings. The molecule has 0 aromatic heterocycles. The predicted octanol–water partition coefficient (Wildman–Crippen LogP) is 5.13. The first-order valence-electron chi connectivity index (χ1n) is 9.23. The summed E-state index contributed by atoms with van der Waals surface area (Å²) in [4.78, 5) is 0. The first-order chi connectivity index (χ1) is 11.8. The molecule has 0 saturated heterocycles. The standard InChI is InChI=1S/C22H29NO/c1-17-10-12-19(13-11-17)22(15-23)20-8-5-9-21(14-20)24-16-18-6-3-2-4-7-18/h2-9,14,17,19,22H,10-13,15-16,23H2,1H3. The van der Waals surface area contributed by atoms with Gasteiger partial charge < -0.3 is 10.5 Å². The van der Waals surface area contributed by atoms with Gasteiger partial charge in [0.05, 0.1) is 0 Å². The van der Waals surface area contributed by atoms with Crippen LogP contribution in [0.2, 0.25) is 0 Å². The summed E-state index contributed by atoms with van der Waals surface area (Å²) >= 11 is 0. The van der Waals surface area contributed by atoms with Gasteiger partial charge >= 0.3 is 0 Å². The van der Waals surface area contributed by atoms with E-state index in [9.17, 15) is 0 Å². The molecule has 2 aromatic rings. The summed E-state index contributed by atoms with van der Waals surface area (Å²) < 4.78 is 5.99. The van der Waals surface area contributed by atoms with Gasteiger partial charge in [0.25, 0.3) is 0 Å². The SMILES string of the molecule is CC1CCC(C(CN)c2cccc(OCc3ccccc3)c2)CC1. The first kappa shape index (κ1) is 17.0. The van der Waals surface area contributed by atoms with E-state index in [4.69, 9.17) is 10.5 Å². The molecule has 0 spiro atoms. The predicted molar refractivity (Wildman–Crippen MR) is 100 cm³/mol. The Balaban J connectivity index is 1.66. The van der Waals surface area contributed by atoms with Crippen LogP contribution in [0.4, 0.5) is 0 Å². The fourth-order valence-corrected chi connectivity index (χ4v) is 3.86. The fraction of sp³-hybridized carbons (Fsp3) is 0.455. The number of hydrogen-bond acceptors (Lipinski definition) is 2. The molecule has 0 heterocycles. The molecular weight excluding hydrogens is 294 g/mol. The average Bonchev–Trinajstić information content (AvgIpc) is 2.63. The Morgan fingerprint density at radius 1 is 1.00 bits per heavy atom. The molecule has 128 valence electrons. The monoisotopic (exact) mass is 323 g/mol. The summed E-state index contributed by atoms with van der Waals surface area (Å²) in [6.07, 6.45) is 5.28. The Bertz CT molecular complexity index is 617. The van der Waals surface area contributed by atoms with Gasteiger partial charge in [-0.25, -0.2) is 0 Å². The van der Waals surface area contributed by atoms with Crippen LogP contribution in [-0.2, 0) is 6.61 Å². The zero-order chi connectivity index (χ0) is 16.8. The summed E-state index contributed by atoms with van der Waals surface area (Å²) in [5.74, 6) is 2.99. The van der Waals surface area contributed by atoms with E-state index in [0.29, 0.717) is 12.5 Å². The molecule has 1 unspecified atom stereocenters. The highest BCUT2D eigenvalue weighted by molar-refractivity contribution is 5.32. The summed E-state index contributed by atoms with van der Waals surface area (Å²) in [5, 5.41) is 0. The van der Waals surface area contributed by atoms with E-state index in [2.05, 4.69) is 37.3 Å². The maximum Gasteiger partial charge on any atom is 0.120 e. The molecule has 2 N–H and O–H groups in total. The van der Waals surface area contributed by atoms with E-state index in [0.717, 1.165) is 24.1 Å². The Labute approximate surface area is 146 Å². The second kappa shape index (κ2) is 8.34. The second-order valence-corrected chi connectivity index (χ2v) is 7.21. The third-order valence-corrected chi connectivity index (χ3v) is 5.42. The van der Waals surface area contributed by atoms with Gasteiger partial charge in [0.1, 0.15) is 12.4 Å². The minimum atomic E-state index is 0.456. The minimum absolute atomic E-state index is 0.456. The molecule has 0 bridgehead atoms. The summed E-state index contributed by atoms with van der Waals surface area (Å²) in [7, 11) is 0. The maximum atomic E-state index is 6.14. The van der Waals surface area contributed by atoms with Gasteiger partial charge in [-0.1, -0.05) is 62.2 Å². The van der Waals surface area contributed by atoms with Crippen LogP contribution in [0.3, 0.4) is 0 Å². The average molecular weight is 323 g/mol. The van der Waals surface area contributed by atoms with Gasteiger partial charge in [-0.15, -0.1) is 0 Å². The van der Waals surface area contributed by atoms with E-state index >= 15 is 0 Å². The lowest BCUT2D eigenvalue weighted by Gasteiger charge is -2.32. The highest BCUT2D eigenvalue weighted by atomic mass is 16.5. The number of ether oxygens (including phenoxy) is 1. The maximum absolute atomic E-state index is 6.14. The smallest absolute Gasteiger partial charge is 0.120 e. The van der Waals surface area contributed by atoms with E-state index in [1.54, 1.807) is 0 Å². The normalized spacial score (nSPS) is 22.1. The van der Waals surface area contributed by atoms with Crippen molar-refractivity contribution in [2.45, 2.75) is 45.1 Å².